The molecule has 0 aromatic heterocycles. The van der Waals surface area contributed by atoms with Crippen molar-refractivity contribution < 1.29 is 0 Å². The Morgan fingerprint density at radius 3 is 1.42 bits per heavy atom. The molecule has 0 bridgehead atoms. The molecule has 0 aliphatic rings. The summed E-state index contributed by atoms with van der Waals surface area (Å²) in [6.07, 6.45) is 0. The lowest BCUT2D eigenvalue weighted by molar-refractivity contribution is 1.29. The average molecular weight is 700 g/mol. The zero-order valence-corrected chi connectivity index (χ0v) is 30.3. The lowest BCUT2D eigenvalue weighted by atomic mass is 9.91. The van der Waals surface area contributed by atoms with E-state index in [9.17, 15) is 0 Å². The summed E-state index contributed by atoms with van der Waals surface area (Å²) in [4.78, 5) is 2.41. The summed E-state index contributed by atoms with van der Waals surface area (Å²) in [5.41, 5.74) is 13.0. The van der Waals surface area contributed by atoms with Crippen LogP contribution in [0.1, 0.15) is 0 Å². The number of anilines is 3. The molecule has 10 aromatic rings. The largest absolute Gasteiger partial charge is 0.310 e. The molecule has 0 aliphatic carbocycles. The molecule has 258 valence electrons. The van der Waals surface area contributed by atoms with Crippen LogP contribution in [-0.4, -0.2) is 0 Å². The number of hydrogen-bond acceptors (Lipinski definition) is 1. The van der Waals surface area contributed by atoms with E-state index >= 15 is 0 Å². The van der Waals surface area contributed by atoms with Crippen LogP contribution in [0.4, 0.5) is 17.1 Å². The molecule has 10 aromatic carbocycles. The fourth-order valence-electron chi connectivity index (χ4n) is 8.19. The van der Waals surface area contributed by atoms with Crippen molar-refractivity contribution in [2.45, 2.75) is 0 Å². The van der Waals surface area contributed by atoms with Gasteiger partial charge in [0.2, 0.25) is 0 Å². The van der Waals surface area contributed by atoms with Gasteiger partial charge in [-0.3, -0.25) is 0 Å². The van der Waals surface area contributed by atoms with Crippen LogP contribution in [-0.2, 0) is 0 Å². The minimum atomic E-state index is 1.09. The van der Waals surface area contributed by atoms with E-state index in [0.29, 0.717) is 0 Å². The van der Waals surface area contributed by atoms with E-state index in [4.69, 9.17) is 0 Å². The van der Waals surface area contributed by atoms with E-state index in [1.165, 1.54) is 76.8 Å². The van der Waals surface area contributed by atoms with Gasteiger partial charge in [-0.25, -0.2) is 0 Å². The van der Waals surface area contributed by atoms with Crippen LogP contribution in [0.3, 0.4) is 0 Å². The fourth-order valence-corrected chi connectivity index (χ4v) is 8.19. The summed E-state index contributed by atoms with van der Waals surface area (Å²) in [5.74, 6) is 0. The molecule has 0 fully saturated rings. The van der Waals surface area contributed by atoms with Gasteiger partial charge >= 0.3 is 0 Å². The number of benzene rings is 10. The predicted molar refractivity (Wildman–Crippen MR) is 235 cm³/mol. The molecule has 0 saturated heterocycles. The van der Waals surface area contributed by atoms with Gasteiger partial charge in [0.05, 0.1) is 0 Å². The van der Waals surface area contributed by atoms with E-state index in [2.05, 4.69) is 229 Å². The van der Waals surface area contributed by atoms with Gasteiger partial charge in [0.1, 0.15) is 0 Å². The maximum atomic E-state index is 2.41. The number of fused-ring (bicyclic) bond motifs is 4. The first kappa shape index (κ1) is 32.4. The van der Waals surface area contributed by atoms with Gasteiger partial charge in [0, 0.05) is 17.1 Å². The fraction of sp³-hybridized carbons (Fsp3) is 0. The second-order valence-electron chi connectivity index (χ2n) is 14.1. The van der Waals surface area contributed by atoms with Crippen LogP contribution in [0.25, 0.3) is 76.8 Å². The summed E-state index contributed by atoms with van der Waals surface area (Å²) in [6.45, 7) is 0. The van der Waals surface area contributed by atoms with Crippen LogP contribution in [0.5, 0.6) is 0 Å². The molecule has 0 N–H and O–H groups in total. The highest BCUT2D eigenvalue weighted by molar-refractivity contribution is 6.09. The molecule has 10 rings (SSSR count). The molecule has 0 heterocycles. The number of rotatable bonds is 7. The van der Waals surface area contributed by atoms with Gasteiger partial charge < -0.3 is 4.90 Å². The first-order valence-corrected chi connectivity index (χ1v) is 18.9. The Hall–Kier alpha value is -7.22. The third-order valence-electron chi connectivity index (χ3n) is 10.9. The Labute approximate surface area is 322 Å². The average Bonchev–Trinajstić information content (AvgIpc) is 3.27. The Kier molecular flexibility index (Phi) is 8.24. The van der Waals surface area contributed by atoms with Crippen molar-refractivity contribution in [2.75, 3.05) is 4.90 Å². The molecule has 1 nitrogen and oxygen atoms in total. The summed E-state index contributed by atoms with van der Waals surface area (Å²) in [6, 6.07) is 81.5. The van der Waals surface area contributed by atoms with Crippen molar-refractivity contribution in [1.29, 1.82) is 0 Å². The normalized spacial score (nSPS) is 11.3. The highest BCUT2D eigenvalue weighted by Crippen LogP contribution is 2.43. The first-order valence-electron chi connectivity index (χ1n) is 18.9. The third kappa shape index (κ3) is 6.02. The van der Waals surface area contributed by atoms with Crippen LogP contribution in [0.15, 0.2) is 224 Å². The van der Waals surface area contributed by atoms with E-state index in [1.807, 2.05) is 0 Å². The van der Waals surface area contributed by atoms with E-state index in [-0.39, 0.29) is 0 Å². The highest BCUT2D eigenvalue weighted by atomic mass is 15.1. The molecule has 55 heavy (non-hydrogen) atoms. The van der Waals surface area contributed by atoms with Crippen LogP contribution < -0.4 is 4.90 Å². The van der Waals surface area contributed by atoms with Crippen molar-refractivity contribution in [1.82, 2.24) is 0 Å². The van der Waals surface area contributed by atoms with Crippen LogP contribution in [0, 0.1) is 0 Å². The number of hydrogen-bond donors (Lipinski definition) is 0. The van der Waals surface area contributed by atoms with Crippen molar-refractivity contribution in [2.24, 2.45) is 0 Å². The zero-order valence-electron chi connectivity index (χ0n) is 30.3. The first-order chi connectivity index (χ1) is 27.3. The Balaban J connectivity index is 1.15. The van der Waals surface area contributed by atoms with Crippen molar-refractivity contribution in [3.63, 3.8) is 0 Å². The molecule has 0 saturated carbocycles. The van der Waals surface area contributed by atoms with Gasteiger partial charge in [-0.2, -0.15) is 0 Å². The van der Waals surface area contributed by atoms with E-state index in [1.54, 1.807) is 0 Å². The molecule has 0 radical (unpaired) electrons. The lowest BCUT2D eigenvalue weighted by Gasteiger charge is -2.27. The highest BCUT2D eigenvalue weighted by Gasteiger charge is 2.18. The quantitative estimate of drug-likeness (QED) is 0.150. The summed E-state index contributed by atoms with van der Waals surface area (Å²) in [5, 5.41) is 7.48. The minimum absolute atomic E-state index is 1.09. The lowest BCUT2D eigenvalue weighted by Crippen LogP contribution is -2.10. The molecular weight excluding hydrogens is 663 g/mol. The third-order valence-corrected chi connectivity index (χ3v) is 10.9. The van der Waals surface area contributed by atoms with Crippen molar-refractivity contribution >= 4 is 49.4 Å². The van der Waals surface area contributed by atoms with Gasteiger partial charge in [-0.1, -0.05) is 188 Å². The molecule has 0 unspecified atom stereocenters. The van der Waals surface area contributed by atoms with Gasteiger partial charge in [-0.15, -0.1) is 0 Å². The second-order valence-corrected chi connectivity index (χ2v) is 14.1. The minimum Gasteiger partial charge on any atom is -0.310 e. The topological polar surface area (TPSA) is 3.24 Å². The predicted octanol–water partition coefficient (Wildman–Crippen LogP) is 15.3. The Morgan fingerprint density at radius 2 is 0.673 bits per heavy atom. The maximum Gasteiger partial charge on any atom is 0.0468 e. The molecule has 0 atom stereocenters. The van der Waals surface area contributed by atoms with Gasteiger partial charge in [0.15, 0.2) is 0 Å². The summed E-state index contributed by atoms with van der Waals surface area (Å²) < 4.78 is 0. The van der Waals surface area contributed by atoms with Crippen LogP contribution in [0.2, 0.25) is 0 Å². The molecule has 0 spiro atoms. The number of nitrogens with zero attached hydrogens (tertiary/aromatic N) is 1. The van der Waals surface area contributed by atoms with Gasteiger partial charge in [-0.05, 0) is 113 Å². The maximum absolute atomic E-state index is 2.41. The summed E-state index contributed by atoms with van der Waals surface area (Å²) in [7, 11) is 0. The van der Waals surface area contributed by atoms with Gasteiger partial charge in [0.25, 0.3) is 0 Å². The monoisotopic (exact) mass is 699 g/mol. The molecular formula is C54H37N. The molecule has 1 heteroatoms. The van der Waals surface area contributed by atoms with Crippen molar-refractivity contribution in [3.8, 4) is 44.5 Å². The SMILES string of the molecule is c1ccc(-c2ccc(N(c3ccc(-c4ccccc4-c4cccc5ccccc45)cc3)c3ccc4ccc5ccccc5c4c3)cc2-c2ccccc2)cc1. The molecule has 0 aliphatic heterocycles. The Morgan fingerprint density at radius 1 is 0.218 bits per heavy atom. The Bertz CT molecular complexity index is 2960. The second kappa shape index (κ2) is 14.0. The molecule has 0 amide bonds. The van der Waals surface area contributed by atoms with E-state index < -0.39 is 0 Å². The van der Waals surface area contributed by atoms with Crippen LogP contribution >= 0.6 is 0 Å². The van der Waals surface area contributed by atoms with E-state index in [0.717, 1.165) is 17.1 Å². The smallest absolute Gasteiger partial charge is 0.0468 e. The standard InChI is InChI=1S/C54H37N/c1-3-14-38(15-4-1)50-35-34-46(37-53(50)40-16-5-2-6-17-40)55(45-33-30-43-27-26-41-19-8-10-23-49(41)54(43)36-45)44-31-28-42(29-32-44)48-22-11-12-24-51(48)52-25-13-20-39-18-7-9-21-47(39)52/h1-37H. The summed E-state index contributed by atoms with van der Waals surface area (Å²) >= 11 is 0. The zero-order chi connectivity index (χ0) is 36.6. The van der Waals surface area contributed by atoms with Crippen molar-refractivity contribution in [3.05, 3.63) is 224 Å².